The van der Waals surface area contributed by atoms with E-state index in [1.165, 1.54) is 6.92 Å². The number of carboxylic acid groups (broad SMARTS) is 1. The molecule has 0 aromatic rings. The first kappa shape index (κ1) is 10.2. The second-order valence-corrected chi connectivity index (χ2v) is 3.90. The van der Waals surface area contributed by atoms with Crippen LogP contribution in [-0.2, 0) is 4.79 Å². The predicted molar refractivity (Wildman–Crippen MR) is 40.9 cm³/mol. The Morgan fingerprint density at radius 3 is 2.46 bits per heavy atom. The number of carbonyl (C=O) groups is 1. The number of carboxylic acids is 1. The lowest BCUT2D eigenvalue weighted by Gasteiger charge is -2.20. The van der Waals surface area contributed by atoms with E-state index < -0.39 is 22.7 Å². The normalized spacial score (nSPS) is 28.2. The Morgan fingerprint density at radius 1 is 1.69 bits per heavy atom. The van der Waals surface area contributed by atoms with Gasteiger partial charge in [-0.05, 0) is 6.92 Å². The molecular formula is C6H6F3NO2S. The van der Waals surface area contributed by atoms with Gasteiger partial charge in [0.1, 0.15) is 5.70 Å². The molecule has 0 spiro atoms. The third-order valence-electron chi connectivity index (χ3n) is 1.50. The van der Waals surface area contributed by atoms with Gasteiger partial charge >= 0.3 is 12.1 Å². The number of hydrogen-bond acceptors (Lipinski definition) is 3. The summed E-state index contributed by atoms with van der Waals surface area (Å²) in [5, 5.41) is 11.3. The van der Waals surface area contributed by atoms with Crippen molar-refractivity contribution in [3.05, 3.63) is 11.1 Å². The van der Waals surface area contributed by atoms with Crippen molar-refractivity contribution in [1.82, 2.24) is 5.32 Å². The summed E-state index contributed by atoms with van der Waals surface area (Å²) in [6.45, 7) is 1.18. The lowest BCUT2D eigenvalue weighted by Crippen LogP contribution is -2.44. The van der Waals surface area contributed by atoms with Crippen molar-refractivity contribution >= 4 is 17.7 Å². The Morgan fingerprint density at radius 2 is 2.23 bits per heavy atom. The summed E-state index contributed by atoms with van der Waals surface area (Å²) in [5.41, 5.74) is -1.01. The van der Waals surface area contributed by atoms with E-state index in [1.54, 1.807) is 0 Å². The molecule has 0 aromatic carbocycles. The maximum Gasteiger partial charge on any atom is 0.431 e. The number of thioether (sulfide) groups is 1. The Kier molecular flexibility index (Phi) is 2.23. The van der Waals surface area contributed by atoms with Gasteiger partial charge in [0.25, 0.3) is 0 Å². The van der Waals surface area contributed by atoms with Crippen molar-refractivity contribution in [2.75, 3.05) is 0 Å². The van der Waals surface area contributed by atoms with Crippen LogP contribution in [0, 0.1) is 0 Å². The molecule has 0 saturated heterocycles. The molecular weight excluding hydrogens is 207 g/mol. The lowest BCUT2D eigenvalue weighted by molar-refractivity contribution is -0.140. The largest absolute Gasteiger partial charge is 0.479 e. The second kappa shape index (κ2) is 2.83. The number of rotatable bonds is 1. The van der Waals surface area contributed by atoms with Crippen LogP contribution < -0.4 is 5.32 Å². The molecule has 1 aliphatic heterocycles. The summed E-state index contributed by atoms with van der Waals surface area (Å²) >= 11 is 0.595. The van der Waals surface area contributed by atoms with Crippen LogP contribution in [0.1, 0.15) is 6.92 Å². The molecule has 0 radical (unpaired) electrons. The predicted octanol–water partition coefficient (Wildman–Crippen LogP) is 1.53. The zero-order valence-electron chi connectivity index (χ0n) is 6.47. The number of hydrogen-bond donors (Lipinski definition) is 2. The van der Waals surface area contributed by atoms with Crippen molar-refractivity contribution in [2.45, 2.75) is 18.0 Å². The van der Waals surface area contributed by atoms with Gasteiger partial charge in [-0.2, -0.15) is 13.2 Å². The fourth-order valence-corrected chi connectivity index (χ4v) is 1.55. The van der Waals surface area contributed by atoms with Crippen LogP contribution in [0.4, 0.5) is 13.2 Å². The molecule has 0 fully saturated rings. The van der Waals surface area contributed by atoms with Crippen LogP contribution >= 0.6 is 11.8 Å². The van der Waals surface area contributed by atoms with Crippen LogP contribution in [0.5, 0.6) is 0 Å². The molecule has 1 rings (SSSR count). The number of alkyl halides is 3. The maximum atomic E-state index is 12.0. The van der Waals surface area contributed by atoms with Crippen molar-refractivity contribution in [3.63, 3.8) is 0 Å². The number of halogens is 3. The fraction of sp³-hybridized carbons (Fsp3) is 0.500. The van der Waals surface area contributed by atoms with Gasteiger partial charge in [0.15, 0.2) is 4.87 Å². The third kappa shape index (κ3) is 1.90. The smallest absolute Gasteiger partial charge is 0.431 e. The average molecular weight is 213 g/mol. The fourth-order valence-electron chi connectivity index (χ4n) is 0.734. The lowest BCUT2D eigenvalue weighted by atomic mass is 10.3. The van der Waals surface area contributed by atoms with Gasteiger partial charge in [-0.15, -0.1) is 0 Å². The maximum absolute atomic E-state index is 12.0. The minimum atomic E-state index is -4.51. The zero-order valence-corrected chi connectivity index (χ0v) is 7.29. The van der Waals surface area contributed by atoms with Gasteiger partial charge in [0, 0.05) is 5.41 Å². The molecule has 0 saturated carbocycles. The third-order valence-corrected chi connectivity index (χ3v) is 2.60. The molecule has 74 valence electrons. The summed E-state index contributed by atoms with van der Waals surface area (Å²) in [6.07, 6.45) is -4.51. The Labute approximate surface area is 76.0 Å². The second-order valence-electron chi connectivity index (χ2n) is 2.61. The van der Waals surface area contributed by atoms with Gasteiger partial charge < -0.3 is 10.4 Å². The summed E-state index contributed by atoms with van der Waals surface area (Å²) in [5.74, 6) is -1.33. The van der Waals surface area contributed by atoms with Crippen molar-refractivity contribution in [3.8, 4) is 0 Å². The van der Waals surface area contributed by atoms with Gasteiger partial charge in [0.2, 0.25) is 0 Å². The Balaban J connectivity index is 2.77. The van der Waals surface area contributed by atoms with Gasteiger partial charge in [-0.25, -0.2) is 4.79 Å². The average Bonchev–Trinajstić information content (AvgIpc) is 2.31. The molecule has 7 heteroatoms. The molecule has 1 heterocycles. The van der Waals surface area contributed by atoms with E-state index in [9.17, 15) is 18.0 Å². The number of nitrogens with one attached hydrogen (secondary N) is 1. The molecule has 0 bridgehead atoms. The summed E-state index contributed by atoms with van der Waals surface area (Å²) in [6, 6.07) is 0. The highest BCUT2D eigenvalue weighted by molar-refractivity contribution is 8.04. The zero-order chi connectivity index (χ0) is 10.3. The van der Waals surface area contributed by atoms with Crippen LogP contribution in [0.2, 0.25) is 0 Å². The standard InChI is InChI=1S/C6H6F3NO2S/c1-5(4(11)12)10-3(2-13-5)6(7,8)9/h2,10H,1H3,(H,11,12). The van der Waals surface area contributed by atoms with Gasteiger partial charge in [-0.1, -0.05) is 11.8 Å². The molecule has 3 nitrogen and oxygen atoms in total. The molecule has 13 heavy (non-hydrogen) atoms. The van der Waals surface area contributed by atoms with Crippen molar-refractivity contribution in [1.29, 1.82) is 0 Å². The summed E-state index contributed by atoms with van der Waals surface area (Å²) in [7, 11) is 0. The highest BCUT2D eigenvalue weighted by atomic mass is 32.2. The van der Waals surface area contributed by atoms with Crippen LogP contribution in [0.3, 0.4) is 0 Å². The first-order chi connectivity index (χ1) is 5.76. The van der Waals surface area contributed by atoms with E-state index >= 15 is 0 Å². The highest BCUT2D eigenvalue weighted by Gasteiger charge is 2.46. The van der Waals surface area contributed by atoms with Crippen LogP contribution in [0.25, 0.3) is 0 Å². The SMILES string of the molecule is CC1(C(=O)O)NC(C(F)(F)F)=CS1. The molecule has 0 aliphatic carbocycles. The summed E-state index contributed by atoms with van der Waals surface area (Å²) in [4.78, 5) is 8.91. The minimum absolute atomic E-state index is 0.595. The topological polar surface area (TPSA) is 49.3 Å². The van der Waals surface area contributed by atoms with Crippen molar-refractivity contribution in [2.24, 2.45) is 0 Å². The summed E-state index contributed by atoms with van der Waals surface area (Å²) < 4.78 is 36.1. The molecule has 1 unspecified atom stereocenters. The first-order valence-electron chi connectivity index (χ1n) is 3.22. The van der Waals surface area contributed by atoms with E-state index in [0.717, 1.165) is 5.41 Å². The van der Waals surface area contributed by atoms with Crippen LogP contribution in [0.15, 0.2) is 11.1 Å². The van der Waals surface area contributed by atoms with Crippen molar-refractivity contribution < 1.29 is 23.1 Å². The highest BCUT2D eigenvalue weighted by Crippen LogP contribution is 2.38. The minimum Gasteiger partial charge on any atom is -0.479 e. The number of allylic oxidation sites excluding steroid dienone is 1. The first-order valence-corrected chi connectivity index (χ1v) is 4.10. The molecule has 1 aliphatic rings. The van der Waals surface area contributed by atoms with Gasteiger partial charge in [0.05, 0.1) is 0 Å². The molecule has 0 aromatic heterocycles. The van der Waals surface area contributed by atoms with Gasteiger partial charge in [-0.3, -0.25) is 0 Å². The molecule has 0 amide bonds. The Bertz CT molecular complexity index is 276. The molecule has 1 atom stereocenters. The van der Waals surface area contributed by atoms with E-state index in [-0.39, 0.29) is 0 Å². The van der Waals surface area contributed by atoms with E-state index in [4.69, 9.17) is 5.11 Å². The quantitative estimate of drug-likeness (QED) is 0.693. The van der Waals surface area contributed by atoms with Crippen LogP contribution in [-0.4, -0.2) is 22.1 Å². The monoisotopic (exact) mass is 213 g/mol. The molecule has 2 N–H and O–H groups in total. The van der Waals surface area contributed by atoms with E-state index in [2.05, 4.69) is 0 Å². The Hall–Kier alpha value is -0.850. The van der Waals surface area contributed by atoms with E-state index in [1.807, 2.05) is 5.32 Å². The van der Waals surface area contributed by atoms with E-state index in [0.29, 0.717) is 11.8 Å². The number of aliphatic carboxylic acids is 1.